The van der Waals surface area contributed by atoms with E-state index in [0.29, 0.717) is 11.5 Å². The van der Waals surface area contributed by atoms with E-state index in [1.165, 1.54) is 13.2 Å². The van der Waals surface area contributed by atoms with Gasteiger partial charge in [0, 0.05) is 18.2 Å². The van der Waals surface area contributed by atoms with Crippen LogP contribution < -0.4 is 15.2 Å². The molecule has 0 amide bonds. The zero-order valence-corrected chi connectivity index (χ0v) is 13.7. The van der Waals surface area contributed by atoms with Crippen molar-refractivity contribution >= 4 is 26.0 Å². The number of benzene rings is 1. The second-order valence-electron chi connectivity index (χ2n) is 4.19. The van der Waals surface area contributed by atoms with Crippen molar-refractivity contribution in [1.82, 2.24) is 4.72 Å². The monoisotopic (exact) mass is 374 g/mol. The number of halogens is 1. The van der Waals surface area contributed by atoms with Gasteiger partial charge in [0.25, 0.3) is 0 Å². The van der Waals surface area contributed by atoms with Crippen molar-refractivity contribution in [2.45, 2.75) is 18.0 Å². The standard InChI is InChI=1S/C13H15BrN2O4S/c1-19-11-5-3-2-4-9(11)8-16-21(17,18)12-6-10(7-15)20-13(12)14/h2-6,16H,7-8,15H2,1H3. The van der Waals surface area contributed by atoms with Crippen LogP contribution in [0.1, 0.15) is 11.3 Å². The fourth-order valence-corrected chi connectivity index (χ4v) is 3.78. The third-order valence-electron chi connectivity index (χ3n) is 2.84. The van der Waals surface area contributed by atoms with Crippen LogP contribution in [-0.2, 0) is 23.1 Å². The molecule has 0 saturated heterocycles. The zero-order chi connectivity index (χ0) is 15.5. The molecular weight excluding hydrogens is 360 g/mol. The van der Waals surface area contributed by atoms with Gasteiger partial charge < -0.3 is 14.9 Å². The number of nitrogens with one attached hydrogen (secondary N) is 1. The molecule has 1 aromatic carbocycles. The lowest BCUT2D eigenvalue weighted by Gasteiger charge is -2.09. The number of methoxy groups -OCH3 is 1. The lowest BCUT2D eigenvalue weighted by Crippen LogP contribution is -2.23. The molecule has 3 N–H and O–H groups in total. The van der Waals surface area contributed by atoms with Crippen LogP contribution in [0.15, 0.2) is 44.3 Å². The van der Waals surface area contributed by atoms with Gasteiger partial charge in [-0.05, 0) is 22.0 Å². The topological polar surface area (TPSA) is 94.6 Å². The number of hydrogen-bond donors (Lipinski definition) is 2. The molecule has 2 aromatic rings. The number of para-hydroxylation sites is 1. The molecule has 0 bridgehead atoms. The highest BCUT2D eigenvalue weighted by atomic mass is 79.9. The van der Waals surface area contributed by atoms with Crippen molar-refractivity contribution in [3.05, 3.63) is 46.3 Å². The first-order valence-electron chi connectivity index (χ1n) is 6.07. The summed E-state index contributed by atoms with van der Waals surface area (Å²) in [5, 5.41) is 0. The maximum absolute atomic E-state index is 12.3. The third kappa shape index (κ3) is 3.65. The van der Waals surface area contributed by atoms with E-state index in [1.54, 1.807) is 12.1 Å². The summed E-state index contributed by atoms with van der Waals surface area (Å²) in [6, 6.07) is 8.58. The van der Waals surface area contributed by atoms with E-state index in [2.05, 4.69) is 20.7 Å². The SMILES string of the molecule is COc1ccccc1CNS(=O)(=O)c1cc(CN)oc1Br. The van der Waals surface area contributed by atoms with Crippen LogP contribution in [0, 0.1) is 0 Å². The Bertz CT molecular complexity index is 728. The van der Waals surface area contributed by atoms with Crippen LogP contribution in [0.2, 0.25) is 0 Å². The van der Waals surface area contributed by atoms with Gasteiger partial charge >= 0.3 is 0 Å². The molecule has 0 saturated carbocycles. The van der Waals surface area contributed by atoms with Crippen LogP contribution in [0.25, 0.3) is 0 Å². The Hall–Kier alpha value is -1.35. The molecule has 114 valence electrons. The molecule has 6 nitrogen and oxygen atoms in total. The third-order valence-corrected chi connectivity index (χ3v) is 5.10. The van der Waals surface area contributed by atoms with E-state index in [1.807, 2.05) is 12.1 Å². The molecule has 1 heterocycles. The van der Waals surface area contributed by atoms with Crippen LogP contribution in [0.3, 0.4) is 0 Å². The van der Waals surface area contributed by atoms with E-state index in [9.17, 15) is 8.42 Å². The lowest BCUT2D eigenvalue weighted by atomic mass is 10.2. The van der Waals surface area contributed by atoms with Crippen molar-refractivity contribution in [3.8, 4) is 5.75 Å². The van der Waals surface area contributed by atoms with Gasteiger partial charge in [-0.2, -0.15) is 0 Å². The molecule has 1 aromatic heterocycles. The molecule has 0 radical (unpaired) electrons. The Morgan fingerprint density at radius 1 is 1.38 bits per heavy atom. The highest BCUT2D eigenvalue weighted by molar-refractivity contribution is 9.10. The molecule has 0 atom stereocenters. The summed E-state index contributed by atoms with van der Waals surface area (Å²) in [6.07, 6.45) is 0. The van der Waals surface area contributed by atoms with Gasteiger partial charge in [0.15, 0.2) is 4.67 Å². The molecule has 0 aliphatic heterocycles. The Morgan fingerprint density at radius 2 is 2.10 bits per heavy atom. The summed E-state index contributed by atoms with van der Waals surface area (Å²) in [4.78, 5) is 0.0258. The van der Waals surface area contributed by atoms with Crippen LogP contribution in [0.4, 0.5) is 0 Å². The number of ether oxygens (including phenoxy) is 1. The van der Waals surface area contributed by atoms with Gasteiger partial charge in [0.1, 0.15) is 16.4 Å². The van der Waals surface area contributed by atoms with Crippen molar-refractivity contribution in [2.75, 3.05) is 7.11 Å². The van der Waals surface area contributed by atoms with Crippen molar-refractivity contribution < 1.29 is 17.6 Å². The number of rotatable bonds is 6. The molecule has 0 aliphatic rings. The van der Waals surface area contributed by atoms with Crippen LogP contribution >= 0.6 is 15.9 Å². The molecule has 0 spiro atoms. The second-order valence-corrected chi connectivity index (χ2v) is 6.65. The summed E-state index contributed by atoms with van der Waals surface area (Å²) in [6.45, 7) is 0.239. The molecule has 0 unspecified atom stereocenters. The minimum absolute atomic E-state index is 0.0258. The Kier molecular flexibility index (Phi) is 5.04. The minimum Gasteiger partial charge on any atom is -0.496 e. The maximum Gasteiger partial charge on any atom is 0.245 e. The van der Waals surface area contributed by atoms with Gasteiger partial charge in [-0.1, -0.05) is 18.2 Å². The van der Waals surface area contributed by atoms with Gasteiger partial charge in [-0.15, -0.1) is 0 Å². The normalized spacial score (nSPS) is 11.6. The van der Waals surface area contributed by atoms with Crippen molar-refractivity contribution in [1.29, 1.82) is 0 Å². The first kappa shape index (κ1) is 16.0. The highest BCUT2D eigenvalue weighted by Crippen LogP contribution is 2.26. The first-order chi connectivity index (χ1) is 9.97. The lowest BCUT2D eigenvalue weighted by molar-refractivity contribution is 0.409. The van der Waals surface area contributed by atoms with Gasteiger partial charge in [0.2, 0.25) is 10.0 Å². The predicted molar refractivity (Wildman–Crippen MR) is 81.3 cm³/mol. The predicted octanol–water partition coefficient (Wildman–Crippen LogP) is 1.99. The molecule has 8 heteroatoms. The van der Waals surface area contributed by atoms with Gasteiger partial charge in [-0.25, -0.2) is 13.1 Å². The minimum atomic E-state index is -3.71. The van der Waals surface area contributed by atoms with Crippen LogP contribution in [-0.4, -0.2) is 15.5 Å². The number of hydrogen-bond acceptors (Lipinski definition) is 5. The number of furan rings is 1. The van der Waals surface area contributed by atoms with E-state index in [4.69, 9.17) is 14.9 Å². The fourth-order valence-electron chi connectivity index (χ4n) is 1.78. The molecule has 0 aliphatic carbocycles. The Balaban J connectivity index is 2.20. The number of nitrogens with two attached hydrogens (primary N) is 1. The summed E-state index contributed by atoms with van der Waals surface area (Å²) in [5.41, 5.74) is 6.17. The smallest absolute Gasteiger partial charge is 0.245 e. The fraction of sp³-hybridized carbons (Fsp3) is 0.231. The van der Waals surface area contributed by atoms with Crippen molar-refractivity contribution in [3.63, 3.8) is 0 Å². The second kappa shape index (κ2) is 6.61. The average Bonchev–Trinajstić information content (AvgIpc) is 2.87. The first-order valence-corrected chi connectivity index (χ1v) is 8.35. The van der Waals surface area contributed by atoms with E-state index >= 15 is 0 Å². The Labute approximate surface area is 131 Å². The Morgan fingerprint density at radius 3 is 2.71 bits per heavy atom. The number of sulfonamides is 1. The van der Waals surface area contributed by atoms with E-state index in [-0.39, 0.29) is 22.7 Å². The summed E-state index contributed by atoms with van der Waals surface area (Å²) < 4.78 is 37.6. The summed E-state index contributed by atoms with van der Waals surface area (Å²) in [7, 11) is -2.17. The quantitative estimate of drug-likeness (QED) is 0.805. The maximum atomic E-state index is 12.3. The average molecular weight is 375 g/mol. The molecule has 21 heavy (non-hydrogen) atoms. The largest absolute Gasteiger partial charge is 0.496 e. The van der Waals surface area contributed by atoms with Gasteiger partial charge in [0.05, 0.1) is 13.7 Å². The van der Waals surface area contributed by atoms with Crippen molar-refractivity contribution in [2.24, 2.45) is 5.73 Å². The highest BCUT2D eigenvalue weighted by Gasteiger charge is 2.22. The molecule has 2 rings (SSSR count). The summed E-state index contributed by atoms with van der Waals surface area (Å²) >= 11 is 3.08. The van der Waals surface area contributed by atoms with E-state index < -0.39 is 10.0 Å². The van der Waals surface area contributed by atoms with E-state index in [0.717, 1.165) is 5.56 Å². The summed E-state index contributed by atoms with van der Waals surface area (Å²) in [5.74, 6) is 1.01. The molecular formula is C13H15BrN2O4S. The van der Waals surface area contributed by atoms with Crippen LogP contribution in [0.5, 0.6) is 5.75 Å². The molecule has 0 fully saturated rings. The van der Waals surface area contributed by atoms with Gasteiger partial charge in [-0.3, -0.25) is 0 Å². The zero-order valence-electron chi connectivity index (χ0n) is 11.3.